The molecule has 0 unspecified atom stereocenters. The third kappa shape index (κ3) is 3.24. The van der Waals surface area contributed by atoms with Crippen LogP contribution in [0.15, 0.2) is 0 Å². The largest absolute Gasteiger partial charge is 0.383 e. The lowest BCUT2D eigenvalue weighted by atomic mass is 10.00. The molecule has 1 aliphatic carbocycles. The molecular formula is C15H24IN3O. The lowest BCUT2D eigenvalue weighted by Gasteiger charge is -2.28. The second-order valence-electron chi connectivity index (χ2n) is 5.93. The highest BCUT2D eigenvalue weighted by molar-refractivity contribution is 14.1. The number of hydrogen-bond acceptors (Lipinski definition) is 4. The van der Waals surface area contributed by atoms with Gasteiger partial charge in [-0.25, -0.2) is 9.97 Å². The molecule has 20 heavy (non-hydrogen) atoms. The van der Waals surface area contributed by atoms with Gasteiger partial charge in [0.1, 0.15) is 11.4 Å². The molecule has 0 aromatic carbocycles. The maximum atomic E-state index is 6.11. The first-order valence-corrected chi connectivity index (χ1v) is 8.52. The van der Waals surface area contributed by atoms with Crippen molar-refractivity contribution in [3.8, 4) is 0 Å². The van der Waals surface area contributed by atoms with Gasteiger partial charge in [-0.1, -0.05) is 13.8 Å². The number of ether oxygens (including phenoxy) is 1. The topological polar surface area (TPSA) is 61.0 Å². The van der Waals surface area contributed by atoms with Crippen LogP contribution in [-0.2, 0) is 16.8 Å². The molecule has 112 valence electrons. The summed E-state index contributed by atoms with van der Waals surface area (Å²) in [7, 11) is 0. The van der Waals surface area contributed by atoms with Crippen molar-refractivity contribution in [1.29, 1.82) is 0 Å². The zero-order chi connectivity index (χ0) is 14.8. The van der Waals surface area contributed by atoms with Gasteiger partial charge in [-0.3, -0.25) is 0 Å². The van der Waals surface area contributed by atoms with Crippen LogP contribution in [0.5, 0.6) is 0 Å². The molecule has 1 heterocycles. The molecule has 1 aliphatic rings. The standard InChI is InChI=1S/C15H24IN3O/c1-4-20-15(7-5-6-8-15)14-18-11(9-10(2)3)12(16)13(17)19-14/h10H,4-9H2,1-3H3,(H2,17,18,19). The van der Waals surface area contributed by atoms with E-state index in [-0.39, 0.29) is 5.60 Å². The summed E-state index contributed by atoms with van der Waals surface area (Å²) < 4.78 is 7.04. The molecule has 2 rings (SSSR count). The fourth-order valence-electron chi connectivity index (χ4n) is 2.89. The van der Waals surface area contributed by atoms with Crippen LogP contribution in [0.2, 0.25) is 0 Å². The van der Waals surface area contributed by atoms with Crippen molar-refractivity contribution >= 4 is 28.4 Å². The highest BCUT2D eigenvalue weighted by atomic mass is 127. The van der Waals surface area contributed by atoms with Gasteiger partial charge in [0, 0.05) is 6.61 Å². The van der Waals surface area contributed by atoms with E-state index in [1.807, 2.05) is 6.92 Å². The fourth-order valence-corrected chi connectivity index (χ4v) is 3.35. The number of nitrogens with two attached hydrogens (primary N) is 1. The summed E-state index contributed by atoms with van der Waals surface area (Å²) in [5.74, 6) is 1.94. The third-order valence-corrected chi connectivity index (χ3v) is 4.96. The zero-order valence-corrected chi connectivity index (χ0v) is 14.7. The van der Waals surface area contributed by atoms with E-state index < -0.39 is 0 Å². The van der Waals surface area contributed by atoms with Crippen LogP contribution in [0.3, 0.4) is 0 Å². The van der Waals surface area contributed by atoms with Crippen LogP contribution in [0.25, 0.3) is 0 Å². The summed E-state index contributed by atoms with van der Waals surface area (Å²) in [6, 6.07) is 0. The second-order valence-corrected chi connectivity index (χ2v) is 7.00. The average Bonchev–Trinajstić information content (AvgIpc) is 2.84. The van der Waals surface area contributed by atoms with Gasteiger partial charge in [-0.2, -0.15) is 0 Å². The number of halogens is 1. The molecule has 0 aliphatic heterocycles. The van der Waals surface area contributed by atoms with E-state index in [1.54, 1.807) is 0 Å². The average molecular weight is 389 g/mol. The number of hydrogen-bond donors (Lipinski definition) is 1. The monoisotopic (exact) mass is 389 g/mol. The van der Waals surface area contributed by atoms with Gasteiger partial charge in [0.25, 0.3) is 0 Å². The molecule has 0 amide bonds. The SMILES string of the molecule is CCOC1(c2nc(N)c(I)c(CC(C)C)n2)CCCC1. The Hall–Kier alpha value is -0.430. The van der Waals surface area contributed by atoms with Gasteiger partial charge >= 0.3 is 0 Å². The van der Waals surface area contributed by atoms with Crippen molar-refractivity contribution < 1.29 is 4.74 Å². The summed E-state index contributed by atoms with van der Waals surface area (Å²) in [6.45, 7) is 7.11. The molecule has 5 heteroatoms. The lowest BCUT2D eigenvalue weighted by Crippen LogP contribution is -2.30. The van der Waals surface area contributed by atoms with Gasteiger partial charge in [-0.05, 0) is 67.5 Å². The Morgan fingerprint density at radius 1 is 1.30 bits per heavy atom. The Morgan fingerprint density at radius 3 is 2.50 bits per heavy atom. The van der Waals surface area contributed by atoms with Crippen molar-refractivity contribution in [3.05, 3.63) is 15.1 Å². The molecule has 1 aromatic rings. The summed E-state index contributed by atoms with van der Waals surface area (Å²) in [5.41, 5.74) is 6.86. The molecule has 0 bridgehead atoms. The van der Waals surface area contributed by atoms with Crippen LogP contribution >= 0.6 is 22.6 Å². The minimum atomic E-state index is -0.307. The first-order valence-electron chi connectivity index (χ1n) is 7.45. The van der Waals surface area contributed by atoms with Gasteiger partial charge in [0.15, 0.2) is 5.82 Å². The quantitative estimate of drug-likeness (QED) is 0.781. The number of rotatable bonds is 5. The van der Waals surface area contributed by atoms with Crippen LogP contribution in [0.1, 0.15) is 58.0 Å². The van der Waals surface area contributed by atoms with Gasteiger partial charge in [-0.15, -0.1) is 0 Å². The van der Waals surface area contributed by atoms with E-state index in [2.05, 4.69) is 41.4 Å². The summed E-state index contributed by atoms with van der Waals surface area (Å²) in [6.07, 6.45) is 5.29. The van der Waals surface area contributed by atoms with Crippen LogP contribution < -0.4 is 5.73 Å². The number of nitrogen functional groups attached to an aromatic ring is 1. The first kappa shape index (κ1) is 15.9. The van der Waals surface area contributed by atoms with Crippen LogP contribution in [0, 0.1) is 9.49 Å². The van der Waals surface area contributed by atoms with Crippen molar-refractivity contribution in [1.82, 2.24) is 9.97 Å². The first-order chi connectivity index (χ1) is 9.48. The lowest BCUT2D eigenvalue weighted by molar-refractivity contribution is -0.0457. The minimum absolute atomic E-state index is 0.307. The maximum absolute atomic E-state index is 6.11. The van der Waals surface area contributed by atoms with Gasteiger partial charge in [0.2, 0.25) is 0 Å². The van der Waals surface area contributed by atoms with Crippen molar-refractivity contribution in [3.63, 3.8) is 0 Å². The Balaban J connectivity index is 2.42. The predicted octanol–water partition coefficient (Wildman–Crippen LogP) is 3.67. The highest BCUT2D eigenvalue weighted by Crippen LogP contribution is 2.41. The molecule has 4 nitrogen and oxygen atoms in total. The third-order valence-electron chi connectivity index (χ3n) is 3.79. The van der Waals surface area contributed by atoms with E-state index in [1.165, 1.54) is 12.8 Å². The molecule has 1 aromatic heterocycles. The number of nitrogens with zero attached hydrogens (tertiary/aromatic N) is 2. The van der Waals surface area contributed by atoms with Crippen molar-refractivity contribution in [2.45, 2.75) is 58.5 Å². The summed E-state index contributed by atoms with van der Waals surface area (Å²) >= 11 is 2.25. The van der Waals surface area contributed by atoms with E-state index in [4.69, 9.17) is 15.5 Å². The molecule has 0 radical (unpaired) electrons. The smallest absolute Gasteiger partial charge is 0.162 e. The molecule has 1 fully saturated rings. The molecular weight excluding hydrogens is 365 g/mol. The highest BCUT2D eigenvalue weighted by Gasteiger charge is 2.39. The Bertz CT molecular complexity index is 470. The van der Waals surface area contributed by atoms with Crippen LogP contribution in [-0.4, -0.2) is 16.6 Å². The van der Waals surface area contributed by atoms with Gasteiger partial charge < -0.3 is 10.5 Å². The van der Waals surface area contributed by atoms with Crippen molar-refractivity contribution in [2.75, 3.05) is 12.3 Å². The number of anilines is 1. The van der Waals surface area contributed by atoms with E-state index in [0.717, 1.165) is 34.4 Å². The summed E-state index contributed by atoms with van der Waals surface area (Å²) in [4.78, 5) is 9.37. The molecule has 2 N–H and O–H groups in total. The van der Waals surface area contributed by atoms with Crippen molar-refractivity contribution in [2.24, 2.45) is 5.92 Å². The molecule has 0 atom stereocenters. The Labute approximate surface area is 135 Å². The minimum Gasteiger partial charge on any atom is -0.383 e. The Kier molecular flexibility index (Phi) is 5.23. The fraction of sp³-hybridized carbons (Fsp3) is 0.733. The molecule has 1 saturated carbocycles. The Morgan fingerprint density at radius 2 is 1.95 bits per heavy atom. The molecule has 0 saturated heterocycles. The van der Waals surface area contributed by atoms with E-state index in [0.29, 0.717) is 18.3 Å². The van der Waals surface area contributed by atoms with E-state index in [9.17, 15) is 0 Å². The van der Waals surface area contributed by atoms with Crippen LogP contribution in [0.4, 0.5) is 5.82 Å². The molecule has 0 spiro atoms. The zero-order valence-electron chi connectivity index (χ0n) is 12.6. The van der Waals surface area contributed by atoms with Gasteiger partial charge in [0.05, 0.1) is 9.26 Å². The van der Waals surface area contributed by atoms with E-state index >= 15 is 0 Å². The number of aromatic nitrogens is 2. The summed E-state index contributed by atoms with van der Waals surface area (Å²) in [5, 5.41) is 0. The maximum Gasteiger partial charge on any atom is 0.162 e. The second kappa shape index (κ2) is 6.56. The normalized spacial score (nSPS) is 17.9. The predicted molar refractivity (Wildman–Crippen MR) is 89.5 cm³/mol.